The molecule has 4 N–H and O–H groups in total. The number of aromatic hydroxyl groups is 1. The van der Waals surface area contributed by atoms with Crippen LogP contribution >= 0.6 is 0 Å². The van der Waals surface area contributed by atoms with Crippen LogP contribution in [0.15, 0.2) is 57.9 Å². The largest absolute Gasteiger partial charge is 0.508 e. The zero-order valence-electron chi connectivity index (χ0n) is 16.5. The van der Waals surface area contributed by atoms with Crippen molar-refractivity contribution in [2.24, 2.45) is 0 Å². The van der Waals surface area contributed by atoms with Gasteiger partial charge in [0, 0.05) is 13.2 Å². The van der Waals surface area contributed by atoms with E-state index < -0.39 is 37.3 Å². The van der Waals surface area contributed by atoms with Gasteiger partial charge in [-0.2, -0.15) is 0 Å². The molecule has 5 atom stereocenters. The van der Waals surface area contributed by atoms with Crippen molar-refractivity contribution in [3.05, 3.63) is 59.0 Å². The van der Waals surface area contributed by atoms with E-state index >= 15 is 0 Å². The first kappa shape index (κ1) is 21.3. The maximum absolute atomic E-state index is 12.9. The van der Waals surface area contributed by atoms with E-state index in [9.17, 15) is 25.2 Å². The Morgan fingerprint density at radius 2 is 1.81 bits per heavy atom. The van der Waals surface area contributed by atoms with E-state index in [-0.39, 0.29) is 22.5 Å². The number of phenols is 1. The van der Waals surface area contributed by atoms with Crippen LogP contribution in [0.5, 0.6) is 11.5 Å². The Hall–Kier alpha value is -2.95. The number of ether oxygens (including phenoxy) is 3. The third-order valence-corrected chi connectivity index (χ3v) is 5.27. The summed E-state index contributed by atoms with van der Waals surface area (Å²) in [6.07, 6.45) is -4.49. The minimum Gasteiger partial charge on any atom is -0.508 e. The molecular formula is C22H22O9. The maximum atomic E-state index is 12.9. The summed E-state index contributed by atoms with van der Waals surface area (Å²) in [6.45, 7) is -0.436. The second-order valence-corrected chi connectivity index (χ2v) is 7.21. The van der Waals surface area contributed by atoms with Gasteiger partial charge in [-0.25, -0.2) is 0 Å². The summed E-state index contributed by atoms with van der Waals surface area (Å²) in [7, 11) is 1.34. The summed E-state index contributed by atoms with van der Waals surface area (Å²) in [5.41, 5.74) is 0.937. The minimum atomic E-state index is -1.42. The molecular weight excluding hydrogens is 408 g/mol. The lowest BCUT2D eigenvalue weighted by molar-refractivity contribution is -0.281. The van der Waals surface area contributed by atoms with Crippen molar-refractivity contribution in [2.75, 3.05) is 13.7 Å². The Morgan fingerprint density at radius 3 is 2.48 bits per heavy atom. The molecule has 9 nitrogen and oxygen atoms in total. The summed E-state index contributed by atoms with van der Waals surface area (Å²) < 4.78 is 21.9. The van der Waals surface area contributed by atoms with Gasteiger partial charge in [0.25, 0.3) is 0 Å². The topological polar surface area (TPSA) is 139 Å². The number of aliphatic hydroxyl groups excluding tert-OH is 3. The number of hydrogen-bond donors (Lipinski definition) is 4. The molecule has 31 heavy (non-hydrogen) atoms. The summed E-state index contributed by atoms with van der Waals surface area (Å²) in [5, 5.41) is 39.7. The molecule has 1 aliphatic rings. The molecule has 1 aromatic heterocycles. The van der Waals surface area contributed by atoms with E-state index in [2.05, 4.69) is 0 Å². The summed E-state index contributed by atoms with van der Waals surface area (Å²) >= 11 is 0. The number of methoxy groups -OCH3 is 1. The van der Waals surface area contributed by atoms with Crippen molar-refractivity contribution in [3.8, 4) is 22.6 Å². The highest BCUT2D eigenvalue weighted by atomic mass is 16.7. The molecule has 1 fully saturated rings. The first-order valence-electron chi connectivity index (χ1n) is 9.60. The van der Waals surface area contributed by atoms with Crippen LogP contribution in [0.1, 0.15) is 0 Å². The predicted octanol–water partition coefficient (Wildman–Crippen LogP) is 0.998. The number of fused-ring (bicyclic) bond motifs is 1. The normalized spacial score (nSPS) is 26.1. The van der Waals surface area contributed by atoms with Gasteiger partial charge < -0.3 is 39.1 Å². The summed E-state index contributed by atoms with van der Waals surface area (Å²) in [4.78, 5) is 12.9. The van der Waals surface area contributed by atoms with E-state index in [0.717, 1.165) is 0 Å². The van der Waals surface area contributed by atoms with Crippen LogP contribution in [0.2, 0.25) is 0 Å². The van der Waals surface area contributed by atoms with Crippen LogP contribution in [0.4, 0.5) is 0 Å². The smallest absolute Gasteiger partial charge is 0.229 e. The SMILES string of the molecule is COC1C(CO)O[C@@H](Oc2ccc3c(=O)c(-c4ccc(O)cc4)coc3c2)[C@@H](O)[C@@H]1O. The molecule has 0 spiro atoms. The Bertz CT molecular complexity index is 1110. The van der Waals surface area contributed by atoms with Crippen LogP contribution in [-0.4, -0.2) is 64.8 Å². The highest BCUT2D eigenvalue weighted by molar-refractivity contribution is 5.82. The quantitative estimate of drug-likeness (QED) is 0.467. The molecule has 0 aliphatic carbocycles. The van der Waals surface area contributed by atoms with Gasteiger partial charge in [-0.1, -0.05) is 12.1 Å². The van der Waals surface area contributed by atoms with Crippen molar-refractivity contribution < 1.29 is 39.1 Å². The Balaban J connectivity index is 1.60. The first-order valence-corrected chi connectivity index (χ1v) is 9.60. The second kappa shape index (κ2) is 8.66. The third kappa shape index (κ3) is 4.01. The fourth-order valence-corrected chi connectivity index (χ4v) is 3.60. The van der Waals surface area contributed by atoms with Crippen molar-refractivity contribution in [3.63, 3.8) is 0 Å². The lowest BCUT2D eigenvalue weighted by Gasteiger charge is -2.41. The lowest BCUT2D eigenvalue weighted by atomic mass is 9.99. The van der Waals surface area contributed by atoms with Crippen LogP contribution in [0.25, 0.3) is 22.1 Å². The molecule has 2 unspecified atom stereocenters. The molecule has 0 radical (unpaired) electrons. The average Bonchev–Trinajstić information content (AvgIpc) is 2.78. The second-order valence-electron chi connectivity index (χ2n) is 7.21. The van der Waals surface area contributed by atoms with E-state index in [1.54, 1.807) is 12.1 Å². The van der Waals surface area contributed by atoms with Gasteiger partial charge in [0.05, 0.1) is 17.6 Å². The van der Waals surface area contributed by atoms with Gasteiger partial charge in [0.1, 0.15) is 47.8 Å². The summed E-state index contributed by atoms with van der Waals surface area (Å²) in [5.74, 6) is 0.324. The monoisotopic (exact) mass is 430 g/mol. The Morgan fingerprint density at radius 1 is 1.06 bits per heavy atom. The summed E-state index contributed by atoms with van der Waals surface area (Å²) in [6, 6.07) is 10.7. The van der Waals surface area contributed by atoms with E-state index in [0.29, 0.717) is 16.5 Å². The molecule has 2 heterocycles. The van der Waals surface area contributed by atoms with Gasteiger partial charge in [0.15, 0.2) is 5.43 Å². The third-order valence-electron chi connectivity index (χ3n) is 5.27. The number of aliphatic hydroxyl groups is 3. The van der Waals surface area contributed by atoms with E-state index in [1.807, 2.05) is 0 Å². The van der Waals surface area contributed by atoms with Crippen LogP contribution in [0, 0.1) is 0 Å². The molecule has 164 valence electrons. The van der Waals surface area contributed by atoms with Gasteiger partial charge in [-0.05, 0) is 29.8 Å². The number of hydrogen-bond acceptors (Lipinski definition) is 9. The van der Waals surface area contributed by atoms with Crippen molar-refractivity contribution >= 4 is 11.0 Å². The molecule has 4 rings (SSSR count). The molecule has 9 heteroatoms. The molecule has 3 aromatic rings. The number of benzene rings is 2. The van der Waals surface area contributed by atoms with Gasteiger partial charge in [-0.3, -0.25) is 4.79 Å². The molecule has 0 bridgehead atoms. The van der Waals surface area contributed by atoms with Gasteiger partial charge in [0.2, 0.25) is 6.29 Å². The van der Waals surface area contributed by atoms with Gasteiger partial charge in [-0.15, -0.1) is 0 Å². The van der Waals surface area contributed by atoms with E-state index in [1.165, 1.54) is 43.7 Å². The minimum absolute atomic E-state index is 0.0909. The zero-order valence-corrected chi connectivity index (χ0v) is 16.5. The standard InChI is InChI=1S/C22H22O9/c1-28-21-17(9-23)31-22(20(27)19(21)26)30-13-6-7-14-16(8-13)29-10-15(18(14)25)11-2-4-12(24)5-3-11/h2-8,10,17,19-24,26-27H,9H2,1H3/t17?,19-,20-,21?,22+/m0/s1. The molecule has 1 aliphatic heterocycles. The number of phenolic OH excluding ortho intramolecular Hbond substituents is 1. The van der Waals surface area contributed by atoms with Crippen LogP contribution in [-0.2, 0) is 9.47 Å². The molecule has 0 saturated carbocycles. The van der Waals surface area contributed by atoms with Crippen LogP contribution in [0.3, 0.4) is 0 Å². The van der Waals surface area contributed by atoms with Gasteiger partial charge >= 0.3 is 0 Å². The van der Waals surface area contributed by atoms with Crippen molar-refractivity contribution in [1.29, 1.82) is 0 Å². The fraction of sp³-hybridized carbons (Fsp3) is 0.318. The predicted molar refractivity (Wildman–Crippen MR) is 109 cm³/mol. The maximum Gasteiger partial charge on any atom is 0.229 e. The van der Waals surface area contributed by atoms with Crippen molar-refractivity contribution in [1.82, 2.24) is 0 Å². The average molecular weight is 430 g/mol. The lowest BCUT2D eigenvalue weighted by Crippen LogP contribution is -2.60. The molecule has 2 aromatic carbocycles. The first-order chi connectivity index (χ1) is 14.9. The number of rotatable bonds is 5. The zero-order chi connectivity index (χ0) is 22.1. The van der Waals surface area contributed by atoms with Crippen LogP contribution < -0.4 is 10.2 Å². The fourth-order valence-electron chi connectivity index (χ4n) is 3.60. The Kier molecular flexibility index (Phi) is 5.94. The Labute approximate surface area is 176 Å². The highest BCUT2D eigenvalue weighted by Crippen LogP contribution is 2.28. The van der Waals surface area contributed by atoms with Crippen molar-refractivity contribution in [2.45, 2.75) is 30.7 Å². The molecule has 1 saturated heterocycles. The molecule has 0 amide bonds. The highest BCUT2D eigenvalue weighted by Gasteiger charge is 2.45. The van der Waals surface area contributed by atoms with E-state index in [4.69, 9.17) is 18.6 Å².